The summed E-state index contributed by atoms with van der Waals surface area (Å²) in [6, 6.07) is 11.5. The van der Waals surface area contributed by atoms with Crippen molar-refractivity contribution in [1.82, 2.24) is 0 Å². The van der Waals surface area contributed by atoms with Gasteiger partial charge in [0.15, 0.2) is 5.78 Å². The van der Waals surface area contributed by atoms with Crippen molar-refractivity contribution >= 4 is 17.5 Å². The van der Waals surface area contributed by atoms with Crippen LogP contribution in [-0.4, -0.2) is 29.1 Å². The third-order valence-corrected chi connectivity index (χ3v) is 3.71. The van der Waals surface area contributed by atoms with Crippen LogP contribution < -0.4 is 4.90 Å². The van der Waals surface area contributed by atoms with Crippen molar-refractivity contribution in [2.24, 2.45) is 0 Å². The Morgan fingerprint density at radius 2 is 1.70 bits per heavy atom. The van der Waals surface area contributed by atoms with Crippen molar-refractivity contribution in [2.45, 2.75) is 13.8 Å². The van der Waals surface area contributed by atoms with Crippen molar-refractivity contribution in [3.05, 3.63) is 59.7 Å². The first-order valence-electron chi connectivity index (χ1n) is 7.64. The second-order valence-electron chi connectivity index (χ2n) is 5.16. The Labute approximate surface area is 136 Å². The quantitative estimate of drug-likeness (QED) is 0.628. The van der Waals surface area contributed by atoms with Gasteiger partial charge in [0.25, 0.3) is 0 Å². The van der Waals surface area contributed by atoms with E-state index in [4.69, 9.17) is 0 Å². The van der Waals surface area contributed by atoms with Gasteiger partial charge < -0.3 is 15.1 Å². The fourth-order valence-electron chi connectivity index (χ4n) is 2.35. The van der Waals surface area contributed by atoms with E-state index in [2.05, 4.69) is 18.7 Å². The van der Waals surface area contributed by atoms with E-state index in [9.17, 15) is 15.0 Å². The lowest BCUT2D eigenvalue weighted by molar-refractivity contribution is 0.104. The van der Waals surface area contributed by atoms with Crippen molar-refractivity contribution in [3.63, 3.8) is 0 Å². The van der Waals surface area contributed by atoms with Gasteiger partial charge in [-0.3, -0.25) is 4.79 Å². The maximum atomic E-state index is 12.1. The van der Waals surface area contributed by atoms with E-state index in [-0.39, 0.29) is 17.3 Å². The number of carbonyl (C=O) groups excluding carboxylic acids is 1. The molecule has 0 radical (unpaired) electrons. The van der Waals surface area contributed by atoms with E-state index in [1.165, 1.54) is 18.2 Å². The van der Waals surface area contributed by atoms with E-state index >= 15 is 0 Å². The van der Waals surface area contributed by atoms with Crippen molar-refractivity contribution in [1.29, 1.82) is 0 Å². The van der Waals surface area contributed by atoms with Crippen LogP contribution in [0.25, 0.3) is 6.08 Å². The van der Waals surface area contributed by atoms with Gasteiger partial charge in [-0.15, -0.1) is 0 Å². The number of phenolic OH excluding ortho intramolecular Hbond substituents is 2. The molecule has 0 amide bonds. The minimum absolute atomic E-state index is 0.121. The number of phenols is 2. The van der Waals surface area contributed by atoms with Gasteiger partial charge in [-0.05, 0) is 62.4 Å². The van der Waals surface area contributed by atoms with Crippen LogP contribution in [0.4, 0.5) is 5.69 Å². The summed E-state index contributed by atoms with van der Waals surface area (Å²) in [5, 5.41) is 19.4. The summed E-state index contributed by atoms with van der Waals surface area (Å²) < 4.78 is 0. The fourth-order valence-corrected chi connectivity index (χ4v) is 2.35. The predicted octanol–water partition coefficient (Wildman–Crippen LogP) is 3.84. The fraction of sp³-hybridized carbons (Fsp3) is 0.211. The molecule has 0 aliphatic heterocycles. The number of hydrogen-bond acceptors (Lipinski definition) is 4. The van der Waals surface area contributed by atoms with Crippen molar-refractivity contribution in [3.8, 4) is 11.5 Å². The monoisotopic (exact) mass is 311 g/mol. The van der Waals surface area contributed by atoms with Crippen LogP contribution in [0.2, 0.25) is 0 Å². The number of rotatable bonds is 6. The number of benzene rings is 2. The summed E-state index contributed by atoms with van der Waals surface area (Å²) in [5.41, 5.74) is 2.03. The highest BCUT2D eigenvalue weighted by Gasteiger charge is 2.06. The van der Waals surface area contributed by atoms with E-state index in [0.717, 1.165) is 18.8 Å². The molecule has 0 saturated carbocycles. The lowest BCUT2D eigenvalue weighted by Crippen LogP contribution is -2.21. The summed E-state index contributed by atoms with van der Waals surface area (Å²) in [4.78, 5) is 14.2. The first kappa shape index (κ1) is 16.6. The van der Waals surface area contributed by atoms with Gasteiger partial charge in [0.05, 0.1) is 0 Å². The second-order valence-corrected chi connectivity index (χ2v) is 5.16. The Morgan fingerprint density at radius 1 is 1.04 bits per heavy atom. The first-order valence-corrected chi connectivity index (χ1v) is 7.64. The molecule has 2 aromatic carbocycles. The molecule has 0 aliphatic carbocycles. The van der Waals surface area contributed by atoms with E-state index in [1.807, 2.05) is 6.07 Å². The maximum absolute atomic E-state index is 12.1. The molecule has 0 unspecified atom stereocenters. The van der Waals surface area contributed by atoms with Gasteiger partial charge >= 0.3 is 0 Å². The van der Waals surface area contributed by atoms with Gasteiger partial charge in [-0.1, -0.05) is 0 Å². The van der Waals surface area contributed by atoms with Crippen LogP contribution in [-0.2, 0) is 0 Å². The van der Waals surface area contributed by atoms with Gasteiger partial charge in [0, 0.05) is 36.0 Å². The number of hydrogen-bond donors (Lipinski definition) is 2. The van der Waals surface area contributed by atoms with E-state index in [0.29, 0.717) is 11.1 Å². The molecule has 4 nitrogen and oxygen atoms in total. The third kappa shape index (κ3) is 4.13. The molecule has 2 rings (SSSR count). The second kappa shape index (κ2) is 7.49. The molecule has 2 aromatic rings. The average molecular weight is 311 g/mol. The molecule has 2 N–H and O–H groups in total. The van der Waals surface area contributed by atoms with Crippen LogP contribution in [0, 0.1) is 0 Å². The Kier molecular flexibility index (Phi) is 5.41. The van der Waals surface area contributed by atoms with Gasteiger partial charge in [0.1, 0.15) is 11.5 Å². The standard InChI is InChI=1S/C19H21NO3/c1-3-20(4-2)16-9-5-15(19(23)13-16)8-12-18(22)14-6-10-17(21)11-7-14/h5-13,21,23H,3-4H2,1-2H3/b12-8-. The number of ketones is 1. The molecule has 0 spiro atoms. The lowest BCUT2D eigenvalue weighted by atomic mass is 10.1. The minimum atomic E-state index is -0.183. The molecule has 0 atom stereocenters. The molecule has 0 bridgehead atoms. The average Bonchev–Trinajstić information content (AvgIpc) is 2.55. The van der Waals surface area contributed by atoms with Crippen molar-refractivity contribution < 1.29 is 15.0 Å². The summed E-state index contributed by atoms with van der Waals surface area (Å²) in [6.07, 6.45) is 3.01. The summed E-state index contributed by atoms with van der Waals surface area (Å²) in [5.74, 6) is 0.0801. The number of aromatic hydroxyl groups is 2. The Hall–Kier alpha value is -2.75. The highest BCUT2D eigenvalue weighted by atomic mass is 16.3. The highest BCUT2D eigenvalue weighted by molar-refractivity contribution is 6.07. The molecule has 0 saturated heterocycles. The van der Waals surface area contributed by atoms with Gasteiger partial charge in [-0.2, -0.15) is 0 Å². The molecule has 23 heavy (non-hydrogen) atoms. The van der Waals surface area contributed by atoms with Crippen LogP contribution in [0.15, 0.2) is 48.5 Å². The molecule has 120 valence electrons. The van der Waals surface area contributed by atoms with Crippen LogP contribution in [0.5, 0.6) is 11.5 Å². The topological polar surface area (TPSA) is 60.8 Å². The van der Waals surface area contributed by atoms with Gasteiger partial charge in [-0.25, -0.2) is 0 Å². The summed E-state index contributed by atoms with van der Waals surface area (Å²) in [7, 11) is 0. The Morgan fingerprint density at radius 3 is 2.26 bits per heavy atom. The number of anilines is 1. The van der Waals surface area contributed by atoms with Crippen LogP contribution in [0.3, 0.4) is 0 Å². The van der Waals surface area contributed by atoms with Gasteiger partial charge in [0.2, 0.25) is 0 Å². The number of carbonyl (C=O) groups is 1. The molecular weight excluding hydrogens is 290 g/mol. The maximum Gasteiger partial charge on any atom is 0.185 e. The number of nitrogens with zero attached hydrogens (tertiary/aromatic N) is 1. The molecule has 0 aliphatic rings. The normalized spacial score (nSPS) is 10.9. The predicted molar refractivity (Wildman–Crippen MR) is 93.1 cm³/mol. The lowest BCUT2D eigenvalue weighted by Gasteiger charge is -2.21. The smallest absolute Gasteiger partial charge is 0.185 e. The zero-order valence-electron chi connectivity index (χ0n) is 13.4. The Bertz CT molecular complexity index is 701. The number of allylic oxidation sites excluding steroid dienone is 1. The summed E-state index contributed by atoms with van der Waals surface area (Å²) in [6.45, 7) is 5.85. The molecule has 0 fully saturated rings. The van der Waals surface area contributed by atoms with E-state index in [1.54, 1.807) is 30.3 Å². The molecule has 0 heterocycles. The Balaban J connectivity index is 2.16. The largest absolute Gasteiger partial charge is 0.508 e. The van der Waals surface area contributed by atoms with E-state index < -0.39 is 0 Å². The molecular formula is C19H21NO3. The van der Waals surface area contributed by atoms with Crippen LogP contribution >= 0.6 is 0 Å². The third-order valence-electron chi connectivity index (χ3n) is 3.71. The molecule has 0 aromatic heterocycles. The van der Waals surface area contributed by atoms with Crippen molar-refractivity contribution in [2.75, 3.05) is 18.0 Å². The van der Waals surface area contributed by atoms with Crippen LogP contribution in [0.1, 0.15) is 29.8 Å². The summed E-state index contributed by atoms with van der Waals surface area (Å²) >= 11 is 0. The zero-order valence-corrected chi connectivity index (χ0v) is 13.4. The minimum Gasteiger partial charge on any atom is -0.508 e. The first-order chi connectivity index (χ1) is 11.0. The highest BCUT2D eigenvalue weighted by Crippen LogP contribution is 2.26. The SMILES string of the molecule is CCN(CC)c1ccc(/C=C\C(=O)c2ccc(O)cc2)c(O)c1. The zero-order chi connectivity index (χ0) is 16.8. The molecule has 4 heteroatoms.